The van der Waals surface area contributed by atoms with Gasteiger partial charge in [-0.15, -0.1) is 0 Å². The first kappa shape index (κ1) is 14.1. The Morgan fingerprint density at radius 3 is 2.74 bits per heavy atom. The highest BCUT2D eigenvalue weighted by Crippen LogP contribution is 2.27. The van der Waals surface area contributed by atoms with E-state index >= 15 is 0 Å². The number of aromatic nitrogens is 1. The molecule has 0 amide bonds. The lowest BCUT2D eigenvalue weighted by Gasteiger charge is -2.08. The summed E-state index contributed by atoms with van der Waals surface area (Å²) in [7, 11) is -2.01. The molecule has 2 rings (SSSR count). The van der Waals surface area contributed by atoms with Crippen LogP contribution in [0.2, 0.25) is 0 Å². The van der Waals surface area contributed by atoms with Gasteiger partial charge in [-0.3, -0.25) is 0 Å². The van der Waals surface area contributed by atoms with E-state index in [-0.39, 0.29) is 11.4 Å². The number of hydrogen-bond acceptors (Lipinski definition) is 3. The normalized spacial score (nSPS) is 11.5. The highest BCUT2D eigenvalue weighted by molar-refractivity contribution is 9.10. The third-order valence-corrected chi connectivity index (χ3v) is 4.58. The maximum atomic E-state index is 12.1. The number of aromatic amines is 1. The fraction of sp³-hybridized carbons (Fsp3) is 0.167. The monoisotopic (exact) mass is 344 g/mol. The summed E-state index contributed by atoms with van der Waals surface area (Å²) in [6.07, 6.45) is 3.49. The van der Waals surface area contributed by atoms with Gasteiger partial charge in [-0.25, -0.2) is 13.1 Å². The zero-order valence-corrected chi connectivity index (χ0v) is 12.6. The molecule has 0 fully saturated rings. The molecule has 0 unspecified atom stereocenters. The fourth-order valence-corrected chi connectivity index (χ4v) is 3.28. The number of ether oxygens (including phenoxy) is 1. The van der Waals surface area contributed by atoms with Gasteiger partial charge in [0.2, 0.25) is 10.0 Å². The first-order valence-electron chi connectivity index (χ1n) is 5.48. The van der Waals surface area contributed by atoms with Crippen LogP contribution in [0.15, 0.2) is 46.0 Å². The predicted molar refractivity (Wildman–Crippen MR) is 75.5 cm³/mol. The Morgan fingerprint density at radius 2 is 2.16 bits per heavy atom. The highest BCUT2D eigenvalue weighted by atomic mass is 79.9. The van der Waals surface area contributed by atoms with Crippen molar-refractivity contribution in [3.8, 4) is 5.75 Å². The van der Waals surface area contributed by atoms with Crippen LogP contribution < -0.4 is 9.46 Å². The van der Waals surface area contributed by atoms with Gasteiger partial charge in [0.25, 0.3) is 0 Å². The van der Waals surface area contributed by atoms with E-state index in [1.54, 1.807) is 18.5 Å². The second-order valence-electron chi connectivity index (χ2n) is 3.84. The number of hydrogen-bond donors (Lipinski definition) is 2. The minimum Gasteiger partial charge on any atom is -0.496 e. The van der Waals surface area contributed by atoms with Gasteiger partial charge >= 0.3 is 0 Å². The van der Waals surface area contributed by atoms with E-state index in [1.165, 1.54) is 19.2 Å². The molecule has 7 heteroatoms. The summed E-state index contributed by atoms with van der Waals surface area (Å²) in [4.78, 5) is 3.06. The van der Waals surface area contributed by atoms with Crippen molar-refractivity contribution < 1.29 is 13.2 Å². The Labute approximate surface area is 120 Å². The number of methoxy groups -OCH3 is 1. The molecule has 5 nitrogen and oxygen atoms in total. The lowest BCUT2D eigenvalue weighted by molar-refractivity contribution is 0.411. The van der Waals surface area contributed by atoms with Crippen molar-refractivity contribution in [1.29, 1.82) is 0 Å². The minimum atomic E-state index is -3.53. The largest absolute Gasteiger partial charge is 0.496 e. The van der Waals surface area contributed by atoms with Crippen LogP contribution in [0.1, 0.15) is 5.56 Å². The van der Waals surface area contributed by atoms with Crippen LogP contribution in [-0.4, -0.2) is 20.5 Å². The lowest BCUT2D eigenvalue weighted by Crippen LogP contribution is -2.23. The summed E-state index contributed by atoms with van der Waals surface area (Å²) in [6.45, 7) is 0.246. The van der Waals surface area contributed by atoms with Crippen molar-refractivity contribution in [2.24, 2.45) is 0 Å². The number of benzene rings is 1. The van der Waals surface area contributed by atoms with E-state index in [0.717, 1.165) is 5.56 Å². The molecule has 0 aliphatic rings. The molecule has 2 aromatic rings. The van der Waals surface area contributed by atoms with Crippen molar-refractivity contribution in [2.75, 3.05) is 7.11 Å². The molecular formula is C12H13BrN2O3S. The molecular weight excluding hydrogens is 332 g/mol. The summed E-state index contributed by atoms with van der Waals surface area (Å²) >= 11 is 3.27. The Morgan fingerprint density at radius 1 is 1.37 bits per heavy atom. The van der Waals surface area contributed by atoms with Gasteiger partial charge in [0.05, 0.1) is 16.5 Å². The Balaban J connectivity index is 2.17. The van der Waals surface area contributed by atoms with Gasteiger partial charge in [0.1, 0.15) is 5.75 Å². The molecule has 1 aromatic heterocycles. The molecule has 0 aliphatic heterocycles. The Bertz CT molecular complexity index is 654. The standard InChI is InChI=1S/C12H13BrN2O3S/c1-18-12-3-2-10(6-11(12)13)19(16,17)15-8-9-4-5-14-7-9/h2-7,14-15H,8H2,1H3. The van der Waals surface area contributed by atoms with Crippen molar-refractivity contribution in [3.05, 3.63) is 46.7 Å². The van der Waals surface area contributed by atoms with Crippen LogP contribution in [0.4, 0.5) is 0 Å². The number of halogens is 1. The summed E-state index contributed by atoms with van der Waals surface area (Å²) < 4.78 is 32.4. The number of H-pyrrole nitrogens is 1. The lowest BCUT2D eigenvalue weighted by atomic mass is 10.3. The van der Waals surface area contributed by atoms with Crippen LogP contribution in [0.3, 0.4) is 0 Å². The Hall–Kier alpha value is -1.31. The molecule has 0 radical (unpaired) electrons. The van der Waals surface area contributed by atoms with Gasteiger partial charge in [-0.05, 0) is 45.8 Å². The van der Waals surface area contributed by atoms with Crippen LogP contribution >= 0.6 is 15.9 Å². The summed E-state index contributed by atoms with van der Waals surface area (Å²) in [5.41, 5.74) is 0.871. The van der Waals surface area contributed by atoms with Gasteiger partial charge in [-0.1, -0.05) is 0 Å². The van der Waals surface area contributed by atoms with E-state index in [4.69, 9.17) is 4.74 Å². The quantitative estimate of drug-likeness (QED) is 0.873. The average molecular weight is 345 g/mol. The molecule has 1 aromatic carbocycles. The molecule has 0 spiro atoms. The summed E-state index contributed by atoms with van der Waals surface area (Å²) in [5, 5.41) is 0. The number of nitrogens with one attached hydrogen (secondary N) is 2. The van der Waals surface area contributed by atoms with Crippen molar-refractivity contribution in [2.45, 2.75) is 11.4 Å². The predicted octanol–water partition coefficient (Wildman–Crippen LogP) is 2.26. The topological polar surface area (TPSA) is 71.2 Å². The molecule has 19 heavy (non-hydrogen) atoms. The highest BCUT2D eigenvalue weighted by Gasteiger charge is 2.15. The van der Waals surface area contributed by atoms with Crippen LogP contribution in [0.25, 0.3) is 0 Å². The first-order chi connectivity index (χ1) is 9.03. The van der Waals surface area contributed by atoms with Crippen LogP contribution in [0, 0.1) is 0 Å². The van der Waals surface area contributed by atoms with Crippen molar-refractivity contribution in [1.82, 2.24) is 9.71 Å². The van der Waals surface area contributed by atoms with E-state index in [1.807, 2.05) is 6.07 Å². The third kappa shape index (κ3) is 3.37. The van der Waals surface area contributed by atoms with E-state index in [2.05, 4.69) is 25.6 Å². The molecule has 0 aliphatic carbocycles. The number of rotatable bonds is 5. The van der Waals surface area contributed by atoms with Gasteiger partial charge in [0.15, 0.2) is 0 Å². The molecule has 102 valence electrons. The summed E-state index contributed by atoms with van der Waals surface area (Å²) in [6, 6.07) is 6.43. The van der Waals surface area contributed by atoms with Crippen LogP contribution in [-0.2, 0) is 16.6 Å². The molecule has 0 saturated carbocycles. The number of sulfonamides is 1. The van der Waals surface area contributed by atoms with Gasteiger partial charge in [-0.2, -0.15) is 0 Å². The SMILES string of the molecule is COc1ccc(S(=O)(=O)NCc2cc[nH]c2)cc1Br. The van der Waals surface area contributed by atoms with Gasteiger partial charge < -0.3 is 9.72 Å². The smallest absolute Gasteiger partial charge is 0.240 e. The second kappa shape index (κ2) is 5.77. The third-order valence-electron chi connectivity index (χ3n) is 2.56. The zero-order valence-electron chi connectivity index (χ0n) is 10.2. The van der Waals surface area contributed by atoms with E-state index in [9.17, 15) is 8.42 Å². The fourth-order valence-electron chi connectivity index (χ4n) is 1.54. The summed E-state index contributed by atoms with van der Waals surface area (Å²) in [5.74, 6) is 0.588. The molecule has 0 saturated heterocycles. The van der Waals surface area contributed by atoms with Crippen molar-refractivity contribution in [3.63, 3.8) is 0 Å². The zero-order chi connectivity index (χ0) is 13.9. The molecule has 2 N–H and O–H groups in total. The Kier molecular flexibility index (Phi) is 4.28. The molecule has 0 bridgehead atoms. The second-order valence-corrected chi connectivity index (χ2v) is 6.46. The molecule has 0 atom stereocenters. The van der Waals surface area contributed by atoms with Gasteiger partial charge in [0, 0.05) is 18.9 Å². The van der Waals surface area contributed by atoms with Crippen molar-refractivity contribution >= 4 is 26.0 Å². The minimum absolute atomic E-state index is 0.190. The maximum Gasteiger partial charge on any atom is 0.240 e. The van der Waals surface area contributed by atoms with E-state index in [0.29, 0.717) is 10.2 Å². The maximum absolute atomic E-state index is 12.1. The van der Waals surface area contributed by atoms with Crippen LogP contribution in [0.5, 0.6) is 5.75 Å². The van der Waals surface area contributed by atoms with E-state index < -0.39 is 10.0 Å². The average Bonchev–Trinajstić information content (AvgIpc) is 2.89. The molecule has 1 heterocycles. The first-order valence-corrected chi connectivity index (χ1v) is 7.75.